The lowest BCUT2D eigenvalue weighted by Crippen LogP contribution is -2.61. The van der Waals surface area contributed by atoms with Crippen LogP contribution in [0.2, 0.25) is 0 Å². The molecule has 0 aromatic carbocycles. The molecular weight excluding hydrogens is 262 g/mol. The van der Waals surface area contributed by atoms with E-state index in [-0.39, 0.29) is 19.0 Å². The SMILES string of the molecule is CC1CCC(CNC(=O)N2CC(=O)NCC2C(=O)O)C1. The maximum Gasteiger partial charge on any atom is 0.328 e. The average Bonchev–Trinajstić information content (AvgIpc) is 2.81. The van der Waals surface area contributed by atoms with Gasteiger partial charge in [0.05, 0.1) is 0 Å². The van der Waals surface area contributed by atoms with Gasteiger partial charge in [-0.25, -0.2) is 9.59 Å². The standard InChI is InChI=1S/C13H21N3O4/c1-8-2-3-9(4-8)5-15-13(20)16-7-11(17)14-6-10(16)12(18)19/h8-10H,2-7H2,1H3,(H,14,17)(H,15,20)(H,18,19). The van der Waals surface area contributed by atoms with Crippen molar-refractivity contribution in [2.24, 2.45) is 11.8 Å². The molecule has 1 saturated heterocycles. The van der Waals surface area contributed by atoms with E-state index in [1.807, 2.05) is 0 Å². The molecule has 3 amide bonds. The molecule has 2 rings (SSSR count). The van der Waals surface area contributed by atoms with E-state index in [9.17, 15) is 14.4 Å². The highest BCUT2D eigenvalue weighted by atomic mass is 16.4. The highest BCUT2D eigenvalue weighted by Crippen LogP contribution is 2.29. The van der Waals surface area contributed by atoms with E-state index >= 15 is 0 Å². The molecule has 1 heterocycles. The topological polar surface area (TPSA) is 98.7 Å². The Hall–Kier alpha value is -1.79. The number of carbonyl (C=O) groups excluding carboxylic acids is 2. The Morgan fingerprint density at radius 1 is 1.45 bits per heavy atom. The molecule has 3 unspecified atom stereocenters. The van der Waals surface area contributed by atoms with E-state index in [0.717, 1.165) is 17.7 Å². The van der Waals surface area contributed by atoms with Crippen molar-refractivity contribution < 1.29 is 19.5 Å². The Labute approximate surface area is 117 Å². The molecule has 0 aromatic rings. The van der Waals surface area contributed by atoms with Crippen LogP contribution in [0.5, 0.6) is 0 Å². The fourth-order valence-corrected chi connectivity index (χ4v) is 2.92. The quantitative estimate of drug-likeness (QED) is 0.680. The minimum Gasteiger partial charge on any atom is -0.480 e. The van der Waals surface area contributed by atoms with Crippen molar-refractivity contribution in [2.45, 2.75) is 32.2 Å². The van der Waals surface area contributed by atoms with Crippen LogP contribution in [0.25, 0.3) is 0 Å². The number of aliphatic carboxylic acids is 1. The van der Waals surface area contributed by atoms with E-state index in [1.54, 1.807) is 0 Å². The first kappa shape index (κ1) is 14.6. The van der Waals surface area contributed by atoms with Crippen molar-refractivity contribution in [3.05, 3.63) is 0 Å². The van der Waals surface area contributed by atoms with Gasteiger partial charge in [-0.2, -0.15) is 0 Å². The van der Waals surface area contributed by atoms with Gasteiger partial charge in [-0.3, -0.25) is 9.69 Å². The molecule has 0 spiro atoms. The number of hydrogen-bond acceptors (Lipinski definition) is 3. The maximum absolute atomic E-state index is 12.1. The number of hydrogen-bond donors (Lipinski definition) is 3. The van der Waals surface area contributed by atoms with Crippen molar-refractivity contribution >= 4 is 17.9 Å². The number of nitrogens with one attached hydrogen (secondary N) is 2. The zero-order chi connectivity index (χ0) is 14.7. The number of carboxylic acids is 1. The van der Waals surface area contributed by atoms with Crippen molar-refractivity contribution in [1.82, 2.24) is 15.5 Å². The van der Waals surface area contributed by atoms with Gasteiger partial charge in [-0.1, -0.05) is 13.3 Å². The lowest BCUT2D eigenvalue weighted by Gasteiger charge is -2.32. The Balaban J connectivity index is 1.88. The summed E-state index contributed by atoms with van der Waals surface area (Å²) in [7, 11) is 0. The first-order valence-corrected chi connectivity index (χ1v) is 7.01. The molecule has 1 aliphatic heterocycles. The van der Waals surface area contributed by atoms with Crippen LogP contribution in [0.4, 0.5) is 4.79 Å². The summed E-state index contributed by atoms with van der Waals surface area (Å²) in [5.41, 5.74) is 0. The number of rotatable bonds is 3. The average molecular weight is 283 g/mol. The molecule has 7 heteroatoms. The van der Waals surface area contributed by atoms with Crippen LogP contribution in [0, 0.1) is 11.8 Å². The summed E-state index contributed by atoms with van der Waals surface area (Å²) in [6, 6.07) is -1.46. The number of amides is 3. The van der Waals surface area contributed by atoms with Gasteiger partial charge >= 0.3 is 12.0 Å². The number of carbonyl (C=O) groups is 3. The number of urea groups is 1. The largest absolute Gasteiger partial charge is 0.480 e. The first-order valence-electron chi connectivity index (χ1n) is 7.01. The van der Waals surface area contributed by atoms with E-state index in [1.165, 1.54) is 6.42 Å². The molecule has 7 nitrogen and oxygen atoms in total. The maximum atomic E-state index is 12.1. The molecule has 20 heavy (non-hydrogen) atoms. The second-order valence-corrected chi connectivity index (χ2v) is 5.76. The summed E-state index contributed by atoms with van der Waals surface area (Å²) >= 11 is 0. The third-order valence-electron chi connectivity index (χ3n) is 4.07. The van der Waals surface area contributed by atoms with Gasteiger partial charge in [0.2, 0.25) is 5.91 Å². The molecule has 112 valence electrons. The zero-order valence-electron chi connectivity index (χ0n) is 11.6. The van der Waals surface area contributed by atoms with Gasteiger partial charge in [0.15, 0.2) is 0 Å². The second-order valence-electron chi connectivity index (χ2n) is 5.76. The Bertz CT molecular complexity index is 412. The summed E-state index contributed by atoms with van der Waals surface area (Å²) in [5, 5.41) is 14.3. The van der Waals surface area contributed by atoms with E-state index in [4.69, 9.17) is 5.11 Å². The second kappa shape index (κ2) is 6.11. The van der Waals surface area contributed by atoms with Crippen LogP contribution in [-0.4, -0.2) is 53.6 Å². The molecule has 3 N–H and O–H groups in total. The summed E-state index contributed by atoms with van der Waals surface area (Å²) in [6.45, 7) is 2.50. The van der Waals surface area contributed by atoms with Gasteiger partial charge < -0.3 is 15.7 Å². The van der Waals surface area contributed by atoms with Crippen molar-refractivity contribution in [2.75, 3.05) is 19.6 Å². The molecule has 0 radical (unpaired) electrons. The van der Waals surface area contributed by atoms with Gasteiger partial charge in [0, 0.05) is 13.1 Å². The zero-order valence-corrected chi connectivity index (χ0v) is 11.6. The van der Waals surface area contributed by atoms with E-state index in [2.05, 4.69) is 17.6 Å². The van der Waals surface area contributed by atoms with Crippen LogP contribution in [-0.2, 0) is 9.59 Å². The molecule has 2 fully saturated rings. The molecule has 1 aliphatic carbocycles. The number of piperazine rings is 1. The summed E-state index contributed by atoms with van der Waals surface area (Å²) in [5.74, 6) is -0.290. The molecule has 0 aromatic heterocycles. The minimum atomic E-state index is -1.10. The minimum absolute atomic E-state index is 0.0396. The summed E-state index contributed by atoms with van der Waals surface area (Å²) in [6.07, 6.45) is 3.35. The lowest BCUT2D eigenvalue weighted by atomic mass is 10.1. The Morgan fingerprint density at radius 3 is 2.80 bits per heavy atom. The smallest absolute Gasteiger partial charge is 0.328 e. The summed E-state index contributed by atoms with van der Waals surface area (Å²) < 4.78 is 0. The summed E-state index contributed by atoms with van der Waals surface area (Å²) in [4.78, 5) is 35.6. The lowest BCUT2D eigenvalue weighted by molar-refractivity contribution is -0.144. The molecule has 1 saturated carbocycles. The normalized spacial score (nSPS) is 29.9. The van der Waals surface area contributed by atoms with E-state index in [0.29, 0.717) is 18.4 Å². The number of carboxylic acid groups (broad SMARTS) is 1. The molecule has 3 atom stereocenters. The highest BCUT2D eigenvalue weighted by Gasteiger charge is 2.35. The Kier molecular flexibility index (Phi) is 4.46. The van der Waals surface area contributed by atoms with Gasteiger partial charge in [0.1, 0.15) is 12.6 Å². The van der Waals surface area contributed by atoms with Gasteiger partial charge in [-0.05, 0) is 24.7 Å². The van der Waals surface area contributed by atoms with Crippen LogP contribution >= 0.6 is 0 Å². The molecule has 2 aliphatic rings. The van der Waals surface area contributed by atoms with Crippen LogP contribution in [0.15, 0.2) is 0 Å². The van der Waals surface area contributed by atoms with Crippen molar-refractivity contribution in [3.63, 3.8) is 0 Å². The van der Waals surface area contributed by atoms with Gasteiger partial charge in [0.25, 0.3) is 0 Å². The molecular formula is C13H21N3O4. The molecule has 0 bridgehead atoms. The monoisotopic (exact) mass is 283 g/mol. The fourth-order valence-electron chi connectivity index (χ4n) is 2.92. The van der Waals surface area contributed by atoms with Gasteiger partial charge in [-0.15, -0.1) is 0 Å². The predicted octanol–water partition coefficient (Wildman–Crippen LogP) is 0.0172. The third kappa shape index (κ3) is 3.40. The van der Waals surface area contributed by atoms with E-state index < -0.39 is 18.0 Å². The van der Waals surface area contributed by atoms with Crippen molar-refractivity contribution in [3.8, 4) is 0 Å². The van der Waals surface area contributed by atoms with Crippen LogP contribution < -0.4 is 10.6 Å². The van der Waals surface area contributed by atoms with Crippen molar-refractivity contribution in [1.29, 1.82) is 0 Å². The third-order valence-corrected chi connectivity index (χ3v) is 4.07. The first-order chi connectivity index (χ1) is 9.47. The Morgan fingerprint density at radius 2 is 2.20 bits per heavy atom. The van der Waals surface area contributed by atoms with Crippen LogP contribution in [0.3, 0.4) is 0 Å². The highest BCUT2D eigenvalue weighted by molar-refractivity contribution is 5.90. The van der Waals surface area contributed by atoms with Crippen LogP contribution in [0.1, 0.15) is 26.2 Å². The predicted molar refractivity (Wildman–Crippen MR) is 71.0 cm³/mol. The fraction of sp³-hybridized carbons (Fsp3) is 0.769. The number of nitrogens with zero attached hydrogens (tertiary/aromatic N) is 1.